The van der Waals surface area contributed by atoms with Gasteiger partial charge in [0.05, 0.1) is 6.61 Å². The van der Waals surface area contributed by atoms with Gasteiger partial charge in [-0.25, -0.2) is 8.78 Å². The number of carbonyl (C=O) groups excluding carboxylic acids is 1. The Bertz CT molecular complexity index is 454. The molecule has 1 amide bonds. The number of aliphatic hydroxyl groups excluding tert-OH is 1. The van der Waals surface area contributed by atoms with Crippen LogP contribution in [0.4, 0.5) is 8.78 Å². The van der Waals surface area contributed by atoms with E-state index in [1.165, 1.54) is 6.92 Å². The van der Waals surface area contributed by atoms with E-state index in [1.807, 2.05) is 13.8 Å². The Labute approximate surface area is 116 Å². The van der Waals surface area contributed by atoms with Gasteiger partial charge in [0, 0.05) is 6.54 Å². The molecule has 0 aliphatic rings. The molecule has 1 aromatic carbocycles. The first-order valence-corrected chi connectivity index (χ1v) is 6.38. The average Bonchev–Trinajstić information content (AvgIpc) is 2.39. The highest BCUT2D eigenvalue weighted by Gasteiger charge is 2.20. The zero-order valence-corrected chi connectivity index (χ0v) is 11.7. The maximum atomic E-state index is 13.6. The van der Waals surface area contributed by atoms with Crippen LogP contribution in [0.15, 0.2) is 12.1 Å². The predicted octanol–water partition coefficient (Wildman–Crippen LogP) is 2.00. The van der Waals surface area contributed by atoms with Crippen LogP contribution in [-0.2, 0) is 11.4 Å². The molecule has 1 unspecified atom stereocenters. The number of benzene rings is 1. The van der Waals surface area contributed by atoms with Crippen LogP contribution >= 0.6 is 0 Å². The first-order chi connectivity index (χ1) is 9.35. The molecule has 1 rings (SSSR count). The van der Waals surface area contributed by atoms with E-state index in [4.69, 9.17) is 9.84 Å². The van der Waals surface area contributed by atoms with E-state index in [0.717, 1.165) is 12.1 Å². The van der Waals surface area contributed by atoms with Crippen LogP contribution in [0.2, 0.25) is 0 Å². The number of rotatable bonds is 6. The third-order valence-corrected chi connectivity index (χ3v) is 2.59. The molecule has 0 fully saturated rings. The Hall–Kier alpha value is -1.69. The smallest absolute Gasteiger partial charge is 0.260 e. The second kappa shape index (κ2) is 7.19. The molecule has 1 atom stereocenters. The zero-order chi connectivity index (χ0) is 15.3. The lowest BCUT2D eigenvalue weighted by atomic mass is 10.2. The number of carbonyl (C=O) groups is 1. The summed E-state index contributed by atoms with van der Waals surface area (Å²) in [4.78, 5) is 11.7. The Morgan fingerprint density at radius 2 is 1.85 bits per heavy atom. The van der Waals surface area contributed by atoms with Crippen LogP contribution in [0.25, 0.3) is 0 Å². The van der Waals surface area contributed by atoms with Crippen LogP contribution in [0.3, 0.4) is 0 Å². The van der Waals surface area contributed by atoms with E-state index in [0.29, 0.717) is 6.54 Å². The number of amides is 1. The first-order valence-electron chi connectivity index (χ1n) is 6.38. The Kier molecular flexibility index (Phi) is 5.88. The summed E-state index contributed by atoms with van der Waals surface area (Å²) in [5.41, 5.74) is 0.101. The van der Waals surface area contributed by atoms with Crippen LogP contribution in [0.5, 0.6) is 5.75 Å². The summed E-state index contributed by atoms with van der Waals surface area (Å²) in [5.74, 6) is -2.68. The number of ether oxygens (including phenoxy) is 1. The van der Waals surface area contributed by atoms with Gasteiger partial charge in [-0.05, 0) is 30.5 Å². The zero-order valence-electron chi connectivity index (χ0n) is 11.7. The van der Waals surface area contributed by atoms with Crippen LogP contribution in [0.1, 0.15) is 26.3 Å². The standard InChI is InChI=1S/C14H19F2NO3/c1-8(2)6-17-14(19)9(3)20-13-11(15)4-10(7-18)5-12(13)16/h4-5,8-9,18H,6-7H2,1-3H3,(H,17,19). The molecular weight excluding hydrogens is 268 g/mol. The minimum Gasteiger partial charge on any atom is -0.475 e. The Morgan fingerprint density at radius 1 is 1.30 bits per heavy atom. The maximum absolute atomic E-state index is 13.6. The van der Waals surface area contributed by atoms with Gasteiger partial charge < -0.3 is 15.2 Å². The molecule has 20 heavy (non-hydrogen) atoms. The summed E-state index contributed by atoms with van der Waals surface area (Å²) in [6.45, 7) is 5.26. The van der Waals surface area contributed by atoms with Crippen LogP contribution in [0, 0.1) is 17.6 Å². The lowest BCUT2D eigenvalue weighted by Gasteiger charge is -2.16. The first kappa shape index (κ1) is 16.4. The molecule has 0 saturated heterocycles. The third kappa shape index (κ3) is 4.45. The predicted molar refractivity (Wildman–Crippen MR) is 70.2 cm³/mol. The highest BCUT2D eigenvalue weighted by Crippen LogP contribution is 2.24. The highest BCUT2D eigenvalue weighted by molar-refractivity contribution is 5.80. The molecule has 2 N–H and O–H groups in total. The van der Waals surface area contributed by atoms with E-state index < -0.39 is 36.0 Å². The van der Waals surface area contributed by atoms with Gasteiger partial charge in [-0.15, -0.1) is 0 Å². The molecule has 0 aliphatic heterocycles. The fourth-order valence-electron chi connectivity index (χ4n) is 1.49. The SMILES string of the molecule is CC(C)CNC(=O)C(C)Oc1c(F)cc(CO)cc1F. The highest BCUT2D eigenvalue weighted by atomic mass is 19.1. The van der Waals surface area contributed by atoms with Gasteiger partial charge in [-0.3, -0.25) is 4.79 Å². The molecule has 0 aromatic heterocycles. The molecular formula is C14H19F2NO3. The van der Waals surface area contributed by atoms with Gasteiger partial charge in [0.1, 0.15) is 0 Å². The molecule has 1 aromatic rings. The molecule has 0 radical (unpaired) electrons. The van der Waals surface area contributed by atoms with Crippen molar-refractivity contribution < 1.29 is 23.4 Å². The minimum atomic E-state index is -1.02. The van der Waals surface area contributed by atoms with Gasteiger partial charge in [-0.2, -0.15) is 0 Å². The van der Waals surface area contributed by atoms with Crippen molar-refractivity contribution in [3.05, 3.63) is 29.3 Å². The average molecular weight is 287 g/mol. The van der Waals surface area contributed by atoms with Crippen molar-refractivity contribution in [2.24, 2.45) is 5.92 Å². The fraction of sp³-hybridized carbons (Fsp3) is 0.500. The molecule has 112 valence electrons. The minimum absolute atomic E-state index is 0.101. The third-order valence-electron chi connectivity index (χ3n) is 2.59. The van der Waals surface area contributed by atoms with Gasteiger partial charge in [0.15, 0.2) is 23.5 Å². The number of aliphatic hydroxyl groups is 1. The Morgan fingerprint density at radius 3 is 2.30 bits per heavy atom. The van der Waals surface area contributed by atoms with Crippen LogP contribution < -0.4 is 10.1 Å². The number of nitrogens with one attached hydrogen (secondary N) is 1. The van der Waals surface area contributed by atoms with Crippen molar-refractivity contribution in [3.8, 4) is 5.75 Å². The summed E-state index contributed by atoms with van der Waals surface area (Å²) in [5, 5.41) is 11.4. The Balaban J connectivity index is 2.75. The normalized spacial score (nSPS) is 12.3. The van der Waals surface area contributed by atoms with Gasteiger partial charge >= 0.3 is 0 Å². The van der Waals surface area contributed by atoms with Crippen molar-refractivity contribution in [3.63, 3.8) is 0 Å². The van der Waals surface area contributed by atoms with Crippen molar-refractivity contribution >= 4 is 5.91 Å². The number of hydrogen-bond donors (Lipinski definition) is 2. The summed E-state index contributed by atoms with van der Waals surface area (Å²) < 4.78 is 32.3. The van der Waals surface area contributed by atoms with Crippen LogP contribution in [-0.4, -0.2) is 23.7 Å². The molecule has 4 nitrogen and oxygen atoms in total. The maximum Gasteiger partial charge on any atom is 0.260 e. The van der Waals surface area contributed by atoms with Gasteiger partial charge in [-0.1, -0.05) is 13.8 Å². The lowest BCUT2D eigenvalue weighted by molar-refractivity contribution is -0.127. The van der Waals surface area contributed by atoms with Gasteiger partial charge in [0.25, 0.3) is 5.91 Å². The summed E-state index contributed by atoms with van der Waals surface area (Å²) in [6, 6.07) is 1.94. The number of hydrogen-bond acceptors (Lipinski definition) is 3. The monoisotopic (exact) mass is 287 g/mol. The summed E-state index contributed by atoms with van der Waals surface area (Å²) in [6.07, 6.45) is -1.02. The molecule has 0 heterocycles. The van der Waals surface area contributed by atoms with E-state index >= 15 is 0 Å². The number of halogens is 2. The molecule has 0 bridgehead atoms. The lowest BCUT2D eigenvalue weighted by Crippen LogP contribution is -2.38. The molecule has 6 heteroatoms. The van der Waals surface area contributed by atoms with E-state index in [-0.39, 0.29) is 11.5 Å². The second-order valence-electron chi connectivity index (χ2n) is 4.95. The quantitative estimate of drug-likeness (QED) is 0.841. The van der Waals surface area contributed by atoms with Gasteiger partial charge in [0.2, 0.25) is 0 Å². The van der Waals surface area contributed by atoms with Crippen molar-refractivity contribution in [1.29, 1.82) is 0 Å². The summed E-state index contributed by atoms with van der Waals surface area (Å²) >= 11 is 0. The fourth-order valence-corrected chi connectivity index (χ4v) is 1.49. The summed E-state index contributed by atoms with van der Waals surface area (Å²) in [7, 11) is 0. The molecule has 0 aliphatic carbocycles. The second-order valence-corrected chi connectivity index (χ2v) is 4.95. The van der Waals surface area contributed by atoms with E-state index in [9.17, 15) is 13.6 Å². The largest absolute Gasteiger partial charge is 0.475 e. The van der Waals surface area contributed by atoms with E-state index in [1.54, 1.807) is 0 Å². The van der Waals surface area contributed by atoms with Crippen molar-refractivity contribution in [1.82, 2.24) is 5.32 Å². The molecule has 0 spiro atoms. The van der Waals surface area contributed by atoms with Crippen molar-refractivity contribution in [2.75, 3.05) is 6.54 Å². The van der Waals surface area contributed by atoms with Crippen molar-refractivity contribution in [2.45, 2.75) is 33.5 Å². The molecule has 0 saturated carbocycles. The topological polar surface area (TPSA) is 58.6 Å². The van der Waals surface area contributed by atoms with E-state index in [2.05, 4.69) is 5.32 Å².